The molecule has 0 aliphatic carbocycles. The fourth-order valence-corrected chi connectivity index (χ4v) is 1.68. The number of carbonyl (C=O) groups is 2. The predicted molar refractivity (Wildman–Crippen MR) is 77.4 cm³/mol. The number of ether oxygens (including phenoxy) is 1. The van der Waals surface area contributed by atoms with Crippen molar-refractivity contribution in [2.75, 3.05) is 7.11 Å². The highest BCUT2D eigenvalue weighted by atomic mass is 16.5. The van der Waals surface area contributed by atoms with Gasteiger partial charge in [-0.25, -0.2) is 0 Å². The summed E-state index contributed by atoms with van der Waals surface area (Å²) in [6, 6.07) is 7.53. The molecule has 1 aromatic carbocycles. The normalized spacial score (nSPS) is 11.6. The monoisotopic (exact) mass is 278 g/mol. The van der Waals surface area contributed by atoms with Crippen molar-refractivity contribution in [1.29, 1.82) is 0 Å². The zero-order valence-electron chi connectivity index (χ0n) is 12.2. The van der Waals surface area contributed by atoms with Crippen molar-refractivity contribution < 1.29 is 14.3 Å². The van der Waals surface area contributed by atoms with Crippen LogP contribution in [0.5, 0.6) is 5.75 Å². The maximum Gasteiger partial charge on any atom is 0.229 e. The number of benzene rings is 1. The molecule has 0 bridgehead atoms. The summed E-state index contributed by atoms with van der Waals surface area (Å²) in [6.07, 6.45) is 0.689. The fraction of sp³-hybridized carbons (Fsp3) is 0.467. The smallest absolute Gasteiger partial charge is 0.229 e. The lowest BCUT2D eigenvalue weighted by molar-refractivity contribution is -0.129. The molecule has 1 atom stereocenters. The molecule has 2 amide bonds. The Morgan fingerprint density at radius 1 is 1.25 bits per heavy atom. The number of para-hydroxylation sites is 1. The summed E-state index contributed by atoms with van der Waals surface area (Å²) in [6.45, 7) is 4.23. The summed E-state index contributed by atoms with van der Waals surface area (Å²) in [5.74, 6) is 0.172. The molecule has 110 valence electrons. The molecule has 0 saturated carbocycles. The van der Waals surface area contributed by atoms with Gasteiger partial charge in [-0.1, -0.05) is 25.1 Å². The zero-order chi connectivity index (χ0) is 15.0. The van der Waals surface area contributed by atoms with Gasteiger partial charge in [0.2, 0.25) is 11.8 Å². The molecule has 0 aliphatic rings. The first kappa shape index (κ1) is 16.0. The lowest BCUT2D eigenvalue weighted by atomic mass is 10.2. The van der Waals surface area contributed by atoms with Crippen molar-refractivity contribution in [2.45, 2.75) is 39.3 Å². The van der Waals surface area contributed by atoms with E-state index in [4.69, 9.17) is 4.74 Å². The third kappa shape index (κ3) is 5.30. The highest BCUT2D eigenvalue weighted by molar-refractivity contribution is 5.96. The first-order valence-corrected chi connectivity index (χ1v) is 6.74. The van der Waals surface area contributed by atoms with E-state index in [1.165, 1.54) is 0 Å². The second-order valence-electron chi connectivity index (χ2n) is 4.64. The average molecular weight is 278 g/mol. The third-order valence-corrected chi connectivity index (χ3v) is 3.01. The molecule has 0 spiro atoms. The van der Waals surface area contributed by atoms with Crippen molar-refractivity contribution in [3.05, 3.63) is 29.8 Å². The second kappa shape index (κ2) is 8.19. The van der Waals surface area contributed by atoms with Gasteiger partial charge >= 0.3 is 0 Å². The summed E-state index contributed by atoms with van der Waals surface area (Å²) in [5, 5.41) is 5.47. The molecule has 5 heteroatoms. The summed E-state index contributed by atoms with van der Waals surface area (Å²) < 4.78 is 5.20. The number of hydrogen-bond donors (Lipinski definition) is 2. The molecule has 0 aromatic heterocycles. The highest BCUT2D eigenvalue weighted by Gasteiger charge is 2.11. The van der Waals surface area contributed by atoms with E-state index in [1.54, 1.807) is 7.11 Å². The Hall–Kier alpha value is -2.04. The lowest BCUT2D eigenvalue weighted by Gasteiger charge is -2.12. The van der Waals surface area contributed by atoms with E-state index in [0.29, 0.717) is 6.54 Å². The van der Waals surface area contributed by atoms with Crippen LogP contribution in [0.4, 0.5) is 0 Å². The summed E-state index contributed by atoms with van der Waals surface area (Å²) in [5.41, 5.74) is 0.880. The lowest BCUT2D eigenvalue weighted by Crippen LogP contribution is -2.36. The van der Waals surface area contributed by atoms with Crippen LogP contribution >= 0.6 is 0 Å². The van der Waals surface area contributed by atoms with E-state index >= 15 is 0 Å². The fourth-order valence-electron chi connectivity index (χ4n) is 1.68. The highest BCUT2D eigenvalue weighted by Crippen LogP contribution is 2.16. The van der Waals surface area contributed by atoms with Gasteiger partial charge < -0.3 is 15.4 Å². The van der Waals surface area contributed by atoms with Crippen LogP contribution in [0.25, 0.3) is 0 Å². The number of carbonyl (C=O) groups excluding carboxylic acids is 2. The molecule has 20 heavy (non-hydrogen) atoms. The van der Waals surface area contributed by atoms with Crippen molar-refractivity contribution in [3.8, 4) is 5.75 Å². The van der Waals surface area contributed by atoms with Crippen molar-refractivity contribution in [2.24, 2.45) is 0 Å². The third-order valence-electron chi connectivity index (χ3n) is 3.01. The van der Waals surface area contributed by atoms with Crippen LogP contribution in [0.1, 0.15) is 32.3 Å². The molecule has 0 radical (unpaired) electrons. The quantitative estimate of drug-likeness (QED) is 0.745. The molecular weight excluding hydrogens is 256 g/mol. The van der Waals surface area contributed by atoms with Gasteiger partial charge in [-0.15, -0.1) is 0 Å². The van der Waals surface area contributed by atoms with Gasteiger partial charge in [0.05, 0.1) is 7.11 Å². The number of amides is 2. The Kier molecular flexibility index (Phi) is 6.56. The van der Waals surface area contributed by atoms with Gasteiger partial charge in [0.15, 0.2) is 0 Å². The first-order chi connectivity index (χ1) is 9.56. The molecule has 2 N–H and O–H groups in total. The standard InChI is InChI=1S/C15H22N2O3/c1-4-11(2)17-15(19)9-14(18)16-10-12-7-5-6-8-13(12)20-3/h5-8,11H,4,9-10H2,1-3H3,(H,16,18)(H,17,19). The van der Waals surface area contributed by atoms with E-state index in [0.717, 1.165) is 17.7 Å². The number of nitrogens with one attached hydrogen (secondary N) is 2. The Labute approximate surface area is 119 Å². The molecule has 5 nitrogen and oxygen atoms in total. The van der Waals surface area contributed by atoms with Gasteiger partial charge in [-0.3, -0.25) is 9.59 Å². The van der Waals surface area contributed by atoms with E-state index in [-0.39, 0.29) is 24.3 Å². The SMILES string of the molecule is CCC(C)NC(=O)CC(=O)NCc1ccccc1OC. The largest absolute Gasteiger partial charge is 0.496 e. The van der Waals surface area contributed by atoms with Gasteiger partial charge in [0, 0.05) is 18.2 Å². The molecule has 1 aromatic rings. The molecular formula is C15H22N2O3. The topological polar surface area (TPSA) is 67.4 Å². The molecule has 0 saturated heterocycles. The maximum atomic E-state index is 11.7. The number of methoxy groups -OCH3 is 1. The van der Waals surface area contributed by atoms with E-state index in [9.17, 15) is 9.59 Å². The Morgan fingerprint density at radius 2 is 1.95 bits per heavy atom. The number of hydrogen-bond acceptors (Lipinski definition) is 3. The molecule has 1 rings (SSSR count). The average Bonchev–Trinajstić information content (AvgIpc) is 2.45. The van der Waals surface area contributed by atoms with E-state index < -0.39 is 0 Å². The Morgan fingerprint density at radius 3 is 2.60 bits per heavy atom. The van der Waals surface area contributed by atoms with Gasteiger partial charge in [0.1, 0.15) is 12.2 Å². The van der Waals surface area contributed by atoms with Crippen LogP contribution in [-0.4, -0.2) is 25.0 Å². The second-order valence-corrected chi connectivity index (χ2v) is 4.64. The van der Waals surface area contributed by atoms with Crippen LogP contribution in [0.15, 0.2) is 24.3 Å². The number of rotatable bonds is 7. The minimum Gasteiger partial charge on any atom is -0.496 e. The van der Waals surface area contributed by atoms with Crippen LogP contribution < -0.4 is 15.4 Å². The van der Waals surface area contributed by atoms with Crippen LogP contribution in [-0.2, 0) is 16.1 Å². The summed E-state index contributed by atoms with van der Waals surface area (Å²) >= 11 is 0. The molecule has 0 heterocycles. The minimum absolute atomic E-state index is 0.0875. The molecule has 0 fully saturated rings. The van der Waals surface area contributed by atoms with Crippen LogP contribution in [0, 0.1) is 0 Å². The molecule has 0 aliphatic heterocycles. The van der Waals surface area contributed by atoms with Crippen molar-refractivity contribution in [1.82, 2.24) is 10.6 Å². The maximum absolute atomic E-state index is 11.7. The van der Waals surface area contributed by atoms with E-state index in [1.807, 2.05) is 38.1 Å². The van der Waals surface area contributed by atoms with Gasteiger partial charge in [-0.2, -0.15) is 0 Å². The van der Waals surface area contributed by atoms with Gasteiger partial charge in [0.25, 0.3) is 0 Å². The zero-order valence-corrected chi connectivity index (χ0v) is 12.2. The van der Waals surface area contributed by atoms with Crippen molar-refractivity contribution in [3.63, 3.8) is 0 Å². The van der Waals surface area contributed by atoms with Crippen LogP contribution in [0.3, 0.4) is 0 Å². The molecule has 1 unspecified atom stereocenters. The van der Waals surface area contributed by atoms with Gasteiger partial charge in [-0.05, 0) is 19.4 Å². The van der Waals surface area contributed by atoms with Crippen LogP contribution in [0.2, 0.25) is 0 Å². The summed E-state index contributed by atoms with van der Waals surface area (Å²) in [4.78, 5) is 23.2. The first-order valence-electron chi connectivity index (χ1n) is 6.74. The van der Waals surface area contributed by atoms with E-state index in [2.05, 4.69) is 10.6 Å². The summed E-state index contributed by atoms with van der Waals surface area (Å²) in [7, 11) is 1.58. The van der Waals surface area contributed by atoms with Crippen molar-refractivity contribution >= 4 is 11.8 Å². The predicted octanol–water partition coefficient (Wildman–Crippen LogP) is 1.62. The Bertz CT molecular complexity index is 460. The Balaban J connectivity index is 2.41. The minimum atomic E-state index is -0.295.